The van der Waals surface area contributed by atoms with Crippen LogP contribution in [0.15, 0.2) is 42.5 Å². The molecule has 5 nitrogen and oxygen atoms in total. The molecule has 0 spiro atoms. The summed E-state index contributed by atoms with van der Waals surface area (Å²) in [7, 11) is 3.05. The number of hydrogen-bond acceptors (Lipinski definition) is 4. The Morgan fingerprint density at radius 1 is 1.05 bits per heavy atom. The summed E-state index contributed by atoms with van der Waals surface area (Å²) in [4.78, 5) is 12.2. The fourth-order valence-electron chi connectivity index (χ4n) is 1.81. The van der Waals surface area contributed by atoms with E-state index in [0.717, 1.165) is 0 Å². The van der Waals surface area contributed by atoms with Gasteiger partial charge in [0.25, 0.3) is 5.91 Å². The van der Waals surface area contributed by atoms with Crippen LogP contribution < -0.4 is 14.8 Å². The smallest absolute Gasteiger partial charge is 0.255 e. The SMILES string of the molecule is COc1ccc(C(=O)Nc2ccc(C#N)cc2)cc1OC. The molecule has 0 bridgehead atoms. The van der Waals surface area contributed by atoms with Gasteiger partial charge < -0.3 is 14.8 Å². The lowest BCUT2D eigenvalue weighted by Gasteiger charge is -2.10. The highest BCUT2D eigenvalue weighted by atomic mass is 16.5. The van der Waals surface area contributed by atoms with Gasteiger partial charge in [-0.1, -0.05) is 0 Å². The zero-order chi connectivity index (χ0) is 15.2. The molecule has 106 valence electrons. The Bertz CT molecular complexity index is 688. The van der Waals surface area contributed by atoms with Crippen LogP contribution in [0.2, 0.25) is 0 Å². The minimum Gasteiger partial charge on any atom is -0.493 e. The number of hydrogen-bond donors (Lipinski definition) is 1. The standard InChI is InChI=1S/C16H14N2O3/c1-20-14-8-5-12(9-15(14)21-2)16(19)18-13-6-3-11(10-17)4-7-13/h3-9H,1-2H3,(H,18,19). The molecule has 0 aliphatic carbocycles. The van der Waals surface area contributed by atoms with Crippen molar-refractivity contribution in [1.29, 1.82) is 5.26 Å². The average molecular weight is 282 g/mol. The van der Waals surface area contributed by atoms with Gasteiger partial charge in [0, 0.05) is 11.3 Å². The summed E-state index contributed by atoms with van der Waals surface area (Å²) in [5.74, 6) is 0.790. The maximum absolute atomic E-state index is 12.2. The van der Waals surface area contributed by atoms with Gasteiger partial charge >= 0.3 is 0 Å². The molecule has 2 aromatic carbocycles. The van der Waals surface area contributed by atoms with Gasteiger partial charge in [0.1, 0.15) is 0 Å². The van der Waals surface area contributed by atoms with Crippen LogP contribution in [-0.4, -0.2) is 20.1 Å². The number of rotatable bonds is 4. The normalized spacial score (nSPS) is 9.57. The summed E-state index contributed by atoms with van der Waals surface area (Å²) in [6.45, 7) is 0. The lowest BCUT2D eigenvalue weighted by Crippen LogP contribution is -2.12. The highest BCUT2D eigenvalue weighted by molar-refractivity contribution is 6.04. The summed E-state index contributed by atoms with van der Waals surface area (Å²) >= 11 is 0. The zero-order valence-corrected chi connectivity index (χ0v) is 11.7. The van der Waals surface area contributed by atoms with Crippen molar-refractivity contribution in [1.82, 2.24) is 0 Å². The molecular formula is C16H14N2O3. The quantitative estimate of drug-likeness (QED) is 0.936. The van der Waals surface area contributed by atoms with Crippen molar-refractivity contribution in [2.24, 2.45) is 0 Å². The first-order chi connectivity index (χ1) is 10.2. The molecule has 0 aromatic heterocycles. The molecule has 2 aromatic rings. The van der Waals surface area contributed by atoms with Crippen LogP contribution in [0.4, 0.5) is 5.69 Å². The Morgan fingerprint density at radius 2 is 1.71 bits per heavy atom. The zero-order valence-electron chi connectivity index (χ0n) is 11.7. The number of nitrogens with one attached hydrogen (secondary N) is 1. The molecule has 1 amide bonds. The van der Waals surface area contributed by atoms with E-state index in [1.807, 2.05) is 6.07 Å². The largest absolute Gasteiger partial charge is 0.493 e. The van der Waals surface area contributed by atoms with Crippen LogP contribution in [0, 0.1) is 11.3 Å². The minimum absolute atomic E-state index is 0.263. The van der Waals surface area contributed by atoms with Crippen molar-refractivity contribution in [2.45, 2.75) is 0 Å². The molecule has 0 aliphatic heterocycles. The van der Waals surface area contributed by atoms with E-state index in [2.05, 4.69) is 5.32 Å². The number of anilines is 1. The fraction of sp³-hybridized carbons (Fsp3) is 0.125. The van der Waals surface area contributed by atoms with Crippen molar-refractivity contribution in [3.8, 4) is 17.6 Å². The van der Waals surface area contributed by atoms with E-state index >= 15 is 0 Å². The summed E-state index contributed by atoms with van der Waals surface area (Å²) in [5, 5.41) is 11.5. The average Bonchev–Trinajstić information content (AvgIpc) is 2.54. The number of methoxy groups -OCH3 is 2. The third-order valence-corrected chi connectivity index (χ3v) is 2.92. The number of benzene rings is 2. The molecule has 2 rings (SSSR count). The van der Waals surface area contributed by atoms with E-state index in [-0.39, 0.29) is 5.91 Å². The molecule has 0 aliphatic rings. The number of ether oxygens (including phenoxy) is 2. The summed E-state index contributed by atoms with van der Waals surface area (Å²) in [6, 6.07) is 13.6. The van der Waals surface area contributed by atoms with Crippen LogP contribution in [-0.2, 0) is 0 Å². The number of carbonyl (C=O) groups is 1. The van der Waals surface area contributed by atoms with E-state index in [0.29, 0.717) is 28.3 Å². The molecule has 21 heavy (non-hydrogen) atoms. The monoisotopic (exact) mass is 282 g/mol. The molecule has 0 fully saturated rings. The summed E-state index contributed by atoms with van der Waals surface area (Å²) in [5.41, 5.74) is 1.62. The van der Waals surface area contributed by atoms with Gasteiger partial charge in [-0.2, -0.15) is 5.26 Å². The summed E-state index contributed by atoms with van der Waals surface area (Å²) < 4.78 is 10.3. The van der Waals surface area contributed by atoms with E-state index < -0.39 is 0 Å². The van der Waals surface area contributed by atoms with Crippen LogP contribution in [0.5, 0.6) is 11.5 Å². The second-order valence-electron chi connectivity index (χ2n) is 4.21. The molecule has 0 saturated carbocycles. The summed E-state index contributed by atoms with van der Waals surface area (Å²) in [6.07, 6.45) is 0. The van der Waals surface area contributed by atoms with Gasteiger partial charge in [-0.25, -0.2) is 0 Å². The van der Waals surface area contributed by atoms with Crippen LogP contribution >= 0.6 is 0 Å². The van der Waals surface area contributed by atoms with Gasteiger partial charge in [0.15, 0.2) is 11.5 Å². The number of amides is 1. The molecule has 0 heterocycles. The van der Waals surface area contributed by atoms with E-state index in [4.69, 9.17) is 14.7 Å². The highest BCUT2D eigenvalue weighted by Gasteiger charge is 2.10. The maximum Gasteiger partial charge on any atom is 0.255 e. The van der Waals surface area contributed by atoms with E-state index in [1.54, 1.807) is 42.5 Å². The lowest BCUT2D eigenvalue weighted by molar-refractivity contribution is 0.102. The first-order valence-corrected chi connectivity index (χ1v) is 6.21. The highest BCUT2D eigenvalue weighted by Crippen LogP contribution is 2.27. The fourth-order valence-corrected chi connectivity index (χ4v) is 1.81. The van der Waals surface area contributed by atoms with Crippen LogP contribution in [0.1, 0.15) is 15.9 Å². The predicted molar refractivity (Wildman–Crippen MR) is 78.7 cm³/mol. The van der Waals surface area contributed by atoms with E-state index in [9.17, 15) is 4.79 Å². The van der Waals surface area contributed by atoms with Gasteiger partial charge in [-0.15, -0.1) is 0 Å². The molecule has 0 unspecified atom stereocenters. The lowest BCUT2D eigenvalue weighted by atomic mass is 10.1. The number of nitriles is 1. The molecule has 0 saturated heterocycles. The second-order valence-corrected chi connectivity index (χ2v) is 4.21. The van der Waals surface area contributed by atoms with Crippen molar-refractivity contribution in [3.63, 3.8) is 0 Å². The molecule has 1 N–H and O–H groups in total. The van der Waals surface area contributed by atoms with Crippen LogP contribution in [0.3, 0.4) is 0 Å². The van der Waals surface area contributed by atoms with Gasteiger partial charge in [0.2, 0.25) is 0 Å². The third-order valence-electron chi connectivity index (χ3n) is 2.92. The Labute approximate surface area is 122 Å². The molecule has 0 atom stereocenters. The van der Waals surface area contributed by atoms with Crippen LogP contribution in [0.25, 0.3) is 0 Å². The maximum atomic E-state index is 12.2. The molecular weight excluding hydrogens is 268 g/mol. The van der Waals surface area contributed by atoms with Gasteiger partial charge in [-0.3, -0.25) is 4.79 Å². The number of carbonyl (C=O) groups excluding carboxylic acids is 1. The topological polar surface area (TPSA) is 71.3 Å². The van der Waals surface area contributed by atoms with E-state index in [1.165, 1.54) is 14.2 Å². The minimum atomic E-state index is -0.263. The first-order valence-electron chi connectivity index (χ1n) is 6.21. The molecule has 5 heteroatoms. The third kappa shape index (κ3) is 3.31. The Balaban J connectivity index is 2.18. The van der Waals surface area contributed by atoms with Crippen molar-refractivity contribution >= 4 is 11.6 Å². The van der Waals surface area contributed by atoms with Crippen molar-refractivity contribution in [2.75, 3.05) is 19.5 Å². The second kappa shape index (κ2) is 6.44. The number of nitrogens with zero attached hydrogens (tertiary/aromatic N) is 1. The predicted octanol–water partition coefficient (Wildman–Crippen LogP) is 2.83. The Morgan fingerprint density at radius 3 is 2.29 bits per heavy atom. The van der Waals surface area contributed by atoms with Crippen molar-refractivity contribution in [3.05, 3.63) is 53.6 Å². The van der Waals surface area contributed by atoms with Crippen molar-refractivity contribution < 1.29 is 14.3 Å². The first kappa shape index (κ1) is 14.4. The van der Waals surface area contributed by atoms with Gasteiger partial charge in [-0.05, 0) is 42.5 Å². The Hall–Kier alpha value is -3.00. The van der Waals surface area contributed by atoms with Gasteiger partial charge in [0.05, 0.1) is 25.9 Å². The molecule has 0 radical (unpaired) electrons. The Kier molecular flexibility index (Phi) is 4.42.